The maximum Gasteiger partial charge on any atom is 0.0622 e. The first-order valence-corrected chi connectivity index (χ1v) is 6.39. The molecule has 0 aliphatic heterocycles. The van der Waals surface area contributed by atoms with Crippen LogP contribution in [0.2, 0.25) is 10.0 Å². The molecule has 0 fully saturated rings. The van der Waals surface area contributed by atoms with Crippen LogP contribution >= 0.6 is 23.2 Å². The molecule has 1 heterocycles. The van der Waals surface area contributed by atoms with E-state index in [1.807, 2.05) is 19.3 Å². The number of benzene rings is 1. The Bertz CT molecular complexity index is 540. The minimum Gasteiger partial charge on any atom is -0.392 e. The Morgan fingerprint density at radius 3 is 2.72 bits per heavy atom. The van der Waals surface area contributed by atoms with Gasteiger partial charge in [-0.1, -0.05) is 29.3 Å². The molecule has 0 amide bonds. The number of aliphatic hydroxyl groups is 1. The summed E-state index contributed by atoms with van der Waals surface area (Å²) < 4.78 is 1.72. The van der Waals surface area contributed by atoms with Crippen LogP contribution in [0.4, 0.5) is 0 Å². The third kappa shape index (κ3) is 3.48. The third-order valence-electron chi connectivity index (χ3n) is 2.70. The SMILES string of the molecule is Cn1cc(CC(O)Cc2ccc(Cl)cc2Cl)cn1. The maximum atomic E-state index is 10.0. The quantitative estimate of drug-likeness (QED) is 0.938. The van der Waals surface area contributed by atoms with Gasteiger partial charge in [0.25, 0.3) is 0 Å². The van der Waals surface area contributed by atoms with E-state index in [-0.39, 0.29) is 0 Å². The number of nitrogens with zero attached hydrogens (tertiary/aromatic N) is 2. The van der Waals surface area contributed by atoms with E-state index in [4.69, 9.17) is 23.2 Å². The van der Waals surface area contributed by atoms with E-state index < -0.39 is 6.10 Å². The average molecular weight is 285 g/mol. The van der Waals surface area contributed by atoms with Crippen LogP contribution < -0.4 is 0 Å². The van der Waals surface area contributed by atoms with Gasteiger partial charge in [-0.15, -0.1) is 0 Å². The van der Waals surface area contributed by atoms with Gasteiger partial charge < -0.3 is 5.11 Å². The van der Waals surface area contributed by atoms with Gasteiger partial charge in [0.2, 0.25) is 0 Å². The molecule has 0 spiro atoms. The smallest absolute Gasteiger partial charge is 0.0622 e. The Morgan fingerprint density at radius 1 is 1.33 bits per heavy atom. The van der Waals surface area contributed by atoms with Crippen molar-refractivity contribution in [3.8, 4) is 0 Å². The van der Waals surface area contributed by atoms with Crippen LogP contribution in [0.25, 0.3) is 0 Å². The average Bonchev–Trinajstić information content (AvgIpc) is 2.68. The molecule has 1 unspecified atom stereocenters. The van der Waals surface area contributed by atoms with Crippen LogP contribution in [-0.4, -0.2) is 21.0 Å². The van der Waals surface area contributed by atoms with E-state index in [0.717, 1.165) is 11.1 Å². The molecule has 0 saturated carbocycles. The fourth-order valence-corrected chi connectivity index (χ4v) is 2.35. The normalized spacial score (nSPS) is 12.7. The summed E-state index contributed by atoms with van der Waals surface area (Å²) in [7, 11) is 1.85. The van der Waals surface area contributed by atoms with E-state index in [9.17, 15) is 5.11 Å². The summed E-state index contributed by atoms with van der Waals surface area (Å²) in [6.45, 7) is 0. The molecule has 5 heteroatoms. The Balaban J connectivity index is 2.00. The zero-order valence-corrected chi connectivity index (χ0v) is 11.5. The number of aryl methyl sites for hydroxylation is 1. The molecule has 1 aromatic heterocycles. The largest absolute Gasteiger partial charge is 0.392 e. The highest BCUT2D eigenvalue weighted by Gasteiger charge is 2.10. The number of hydrogen-bond donors (Lipinski definition) is 1. The number of aliphatic hydroxyl groups excluding tert-OH is 1. The maximum absolute atomic E-state index is 10.0. The van der Waals surface area contributed by atoms with Crippen molar-refractivity contribution in [2.24, 2.45) is 7.05 Å². The van der Waals surface area contributed by atoms with E-state index in [2.05, 4.69) is 5.10 Å². The monoisotopic (exact) mass is 284 g/mol. The fourth-order valence-electron chi connectivity index (χ4n) is 1.86. The lowest BCUT2D eigenvalue weighted by Gasteiger charge is -2.11. The molecule has 0 aliphatic carbocycles. The summed E-state index contributed by atoms with van der Waals surface area (Å²) in [4.78, 5) is 0. The van der Waals surface area contributed by atoms with Gasteiger partial charge in [0.05, 0.1) is 12.3 Å². The minimum absolute atomic E-state index is 0.479. The molecular weight excluding hydrogens is 271 g/mol. The van der Waals surface area contributed by atoms with Gasteiger partial charge in [0.15, 0.2) is 0 Å². The number of rotatable bonds is 4. The van der Waals surface area contributed by atoms with Crippen LogP contribution in [0.1, 0.15) is 11.1 Å². The summed E-state index contributed by atoms with van der Waals surface area (Å²) in [6, 6.07) is 5.31. The molecule has 1 aromatic carbocycles. The molecule has 2 rings (SSSR count). The lowest BCUT2D eigenvalue weighted by Crippen LogP contribution is -2.13. The second kappa shape index (κ2) is 5.74. The van der Waals surface area contributed by atoms with E-state index in [0.29, 0.717) is 22.9 Å². The molecular formula is C13H14Cl2N2O. The first-order chi connectivity index (χ1) is 8.54. The van der Waals surface area contributed by atoms with Crippen LogP contribution in [0.5, 0.6) is 0 Å². The molecule has 2 aromatic rings. The zero-order valence-electron chi connectivity index (χ0n) is 9.98. The highest BCUT2D eigenvalue weighted by atomic mass is 35.5. The predicted molar refractivity (Wildman–Crippen MR) is 73.1 cm³/mol. The van der Waals surface area contributed by atoms with E-state index >= 15 is 0 Å². The second-order valence-electron chi connectivity index (χ2n) is 4.32. The number of halogens is 2. The summed E-state index contributed by atoms with van der Waals surface area (Å²) in [5, 5.41) is 15.3. The second-order valence-corrected chi connectivity index (χ2v) is 5.16. The van der Waals surface area contributed by atoms with Crippen molar-refractivity contribution in [3.05, 3.63) is 51.8 Å². The van der Waals surface area contributed by atoms with Gasteiger partial charge in [-0.2, -0.15) is 5.10 Å². The number of aromatic nitrogens is 2. The summed E-state index contributed by atoms with van der Waals surface area (Å²) in [6.07, 6.45) is 4.24. The van der Waals surface area contributed by atoms with Crippen molar-refractivity contribution in [2.45, 2.75) is 18.9 Å². The van der Waals surface area contributed by atoms with Gasteiger partial charge >= 0.3 is 0 Å². The van der Waals surface area contributed by atoms with Crippen molar-refractivity contribution in [3.63, 3.8) is 0 Å². The Kier molecular flexibility index (Phi) is 4.27. The summed E-state index contributed by atoms with van der Waals surface area (Å²) in [5.41, 5.74) is 1.91. The topological polar surface area (TPSA) is 38.0 Å². The van der Waals surface area contributed by atoms with Crippen LogP contribution in [0.3, 0.4) is 0 Å². The molecule has 0 aliphatic rings. The molecule has 0 saturated heterocycles. The van der Waals surface area contributed by atoms with Gasteiger partial charge in [0.1, 0.15) is 0 Å². The van der Waals surface area contributed by atoms with Crippen LogP contribution in [0, 0.1) is 0 Å². The molecule has 1 N–H and O–H groups in total. The first-order valence-electron chi connectivity index (χ1n) is 5.64. The van der Waals surface area contributed by atoms with Gasteiger partial charge in [0, 0.05) is 36.1 Å². The fraction of sp³-hybridized carbons (Fsp3) is 0.308. The first kappa shape index (κ1) is 13.4. The van der Waals surface area contributed by atoms with Crippen molar-refractivity contribution in [1.82, 2.24) is 9.78 Å². The molecule has 0 radical (unpaired) electrons. The predicted octanol–water partition coefficient (Wildman–Crippen LogP) is 2.87. The highest BCUT2D eigenvalue weighted by Crippen LogP contribution is 2.22. The highest BCUT2D eigenvalue weighted by molar-refractivity contribution is 6.35. The van der Waals surface area contributed by atoms with Gasteiger partial charge in [-0.25, -0.2) is 0 Å². The van der Waals surface area contributed by atoms with Crippen molar-refractivity contribution < 1.29 is 5.11 Å². The Labute approximate surface area is 116 Å². The number of hydrogen-bond acceptors (Lipinski definition) is 2. The molecule has 1 atom stereocenters. The zero-order chi connectivity index (χ0) is 13.1. The molecule has 18 heavy (non-hydrogen) atoms. The molecule has 0 bridgehead atoms. The minimum atomic E-state index is -0.479. The molecule has 96 valence electrons. The standard InChI is InChI=1S/C13H14Cl2N2O/c1-17-8-9(7-16-17)4-12(18)5-10-2-3-11(14)6-13(10)15/h2-3,6-8,12,18H,4-5H2,1H3. The van der Waals surface area contributed by atoms with E-state index in [1.54, 1.807) is 23.0 Å². The van der Waals surface area contributed by atoms with E-state index in [1.165, 1.54) is 0 Å². The van der Waals surface area contributed by atoms with Crippen molar-refractivity contribution in [1.29, 1.82) is 0 Å². The molecule has 3 nitrogen and oxygen atoms in total. The summed E-state index contributed by atoms with van der Waals surface area (Å²) >= 11 is 11.9. The Hall–Kier alpha value is -1.03. The van der Waals surface area contributed by atoms with Gasteiger partial charge in [-0.05, 0) is 23.3 Å². The lowest BCUT2D eigenvalue weighted by molar-refractivity contribution is 0.175. The van der Waals surface area contributed by atoms with Crippen LogP contribution in [-0.2, 0) is 19.9 Å². The van der Waals surface area contributed by atoms with Crippen molar-refractivity contribution >= 4 is 23.2 Å². The lowest BCUT2D eigenvalue weighted by atomic mass is 10.0. The Morgan fingerprint density at radius 2 is 2.11 bits per heavy atom. The third-order valence-corrected chi connectivity index (χ3v) is 3.29. The van der Waals surface area contributed by atoms with Crippen molar-refractivity contribution in [2.75, 3.05) is 0 Å². The van der Waals surface area contributed by atoms with Gasteiger partial charge in [-0.3, -0.25) is 4.68 Å². The van der Waals surface area contributed by atoms with Crippen LogP contribution in [0.15, 0.2) is 30.6 Å². The summed E-state index contributed by atoms with van der Waals surface area (Å²) in [5.74, 6) is 0.